The van der Waals surface area contributed by atoms with Crippen molar-refractivity contribution in [3.05, 3.63) is 52.1 Å². The van der Waals surface area contributed by atoms with Gasteiger partial charge in [-0.3, -0.25) is 4.98 Å². The Hall–Kier alpha value is -2.83. The molecule has 0 aliphatic heterocycles. The van der Waals surface area contributed by atoms with Crippen LogP contribution in [0.2, 0.25) is 0 Å². The number of ether oxygens (including phenoxy) is 3. The van der Waals surface area contributed by atoms with Gasteiger partial charge in [0.2, 0.25) is 5.92 Å². The molecule has 1 heterocycles. The second kappa shape index (κ2) is 9.98. The number of hydrogen-bond acceptors (Lipinski definition) is 6. The molecule has 1 fully saturated rings. The van der Waals surface area contributed by atoms with E-state index in [0.717, 1.165) is 5.56 Å². The number of nitrogens with zero attached hydrogens (tertiary/aromatic N) is 2. The minimum absolute atomic E-state index is 0.00436. The summed E-state index contributed by atoms with van der Waals surface area (Å²) in [5.74, 6) is -3.12. The fraction of sp³-hybridized carbons (Fsp3) is 0.500. The number of rotatable bonds is 8. The average Bonchev–Trinajstić information content (AvgIpc) is 2.79. The van der Waals surface area contributed by atoms with Crippen LogP contribution in [0.25, 0.3) is 0 Å². The van der Waals surface area contributed by atoms with E-state index in [2.05, 4.69) is 4.98 Å². The maximum Gasteiger partial charge on any atom is 0.248 e. The van der Waals surface area contributed by atoms with Crippen molar-refractivity contribution < 1.29 is 32.5 Å². The van der Waals surface area contributed by atoms with E-state index in [4.69, 9.17) is 19.5 Å². The molecule has 1 saturated carbocycles. The van der Waals surface area contributed by atoms with Crippen LogP contribution in [-0.4, -0.2) is 36.5 Å². The van der Waals surface area contributed by atoms with Gasteiger partial charge >= 0.3 is 0 Å². The summed E-state index contributed by atoms with van der Waals surface area (Å²) in [4.78, 5) is 4.58. The van der Waals surface area contributed by atoms with Crippen molar-refractivity contribution in [3.63, 3.8) is 0 Å². The Bertz CT molecular complexity index is 1040. The zero-order valence-corrected chi connectivity index (χ0v) is 18.9. The molecule has 0 radical (unpaired) electrons. The van der Waals surface area contributed by atoms with Crippen LogP contribution in [0.3, 0.4) is 0 Å². The molecule has 9 heteroatoms. The molecule has 6 nitrogen and oxygen atoms in total. The third kappa shape index (κ3) is 5.57. The van der Waals surface area contributed by atoms with Crippen molar-refractivity contribution in [1.29, 1.82) is 5.26 Å². The van der Waals surface area contributed by atoms with Crippen molar-refractivity contribution in [3.8, 4) is 17.6 Å². The molecule has 0 unspecified atom stereocenters. The van der Waals surface area contributed by atoms with Gasteiger partial charge in [0.05, 0.1) is 0 Å². The molecule has 0 bridgehead atoms. The van der Waals surface area contributed by atoms with E-state index in [-0.39, 0.29) is 49.9 Å². The fourth-order valence-corrected chi connectivity index (χ4v) is 4.05. The van der Waals surface area contributed by atoms with Gasteiger partial charge in [-0.2, -0.15) is 5.26 Å². The highest BCUT2D eigenvalue weighted by Gasteiger charge is 2.45. The molecule has 2 aromatic rings. The average molecular weight is 464 g/mol. The summed E-state index contributed by atoms with van der Waals surface area (Å²) in [6.07, 6.45) is -0.967. The number of halogens is 3. The molecule has 0 saturated heterocycles. The first-order valence-corrected chi connectivity index (χ1v) is 10.6. The zero-order valence-electron chi connectivity index (χ0n) is 18.9. The molecule has 1 aromatic carbocycles. The van der Waals surface area contributed by atoms with Gasteiger partial charge in [0.15, 0.2) is 25.0 Å². The third-order valence-corrected chi connectivity index (χ3v) is 5.97. The number of benzene rings is 1. The summed E-state index contributed by atoms with van der Waals surface area (Å²) in [6.45, 7) is 3.06. The van der Waals surface area contributed by atoms with Gasteiger partial charge in [-0.25, -0.2) is 13.2 Å². The highest BCUT2D eigenvalue weighted by Crippen LogP contribution is 2.45. The predicted molar refractivity (Wildman–Crippen MR) is 114 cm³/mol. The van der Waals surface area contributed by atoms with E-state index in [1.165, 1.54) is 13.2 Å². The standard InChI is InChI=1S/C24H27F3N2O4/c1-15-12-20(32-11-10-28)21(25)16(2)18(15)13-17-4-5-19(33-14-31-3)22(29-17)23(30)6-8-24(26,27)9-7-23/h4-5,12,30H,6-9,11,13-14H2,1-3H3. The summed E-state index contributed by atoms with van der Waals surface area (Å²) in [5, 5.41) is 19.9. The smallest absolute Gasteiger partial charge is 0.248 e. The molecular weight excluding hydrogens is 437 g/mol. The Morgan fingerprint density at radius 3 is 2.45 bits per heavy atom. The van der Waals surface area contributed by atoms with Gasteiger partial charge in [0.25, 0.3) is 0 Å². The minimum Gasteiger partial charge on any atom is -0.476 e. The minimum atomic E-state index is -2.82. The molecule has 0 spiro atoms. The first-order chi connectivity index (χ1) is 15.6. The van der Waals surface area contributed by atoms with Crippen molar-refractivity contribution >= 4 is 0 Å². The molecule has 1 aromatic heterocycles. The lowest BCUT2D eigenvalue weighted by Crippen LogP contribution is -2.37. The maximum absolute atomic E-state index is 14.8. The quantitative estimate of drug-likeness (QED) is 0.570. The largest absolute Gasteiger partial charge is 0.476 e. The van der Waals surface area contributed by atoms with Crippen molar-refractivity contribution in [2.45, 2.75) is 57.5 Å². The van der Waals surface area contributed by atoms with Gasteiger partial charge in [0, 0.05) is 32.1 Å². The van der Waals surface area contributed by atoms with Gasteiger partial charge in [-0.15, -0.1) is 0 Å². The predicted octanol–water partition coefficient (Wildman–Crippen LogP) is 4.71. The Morgan fingerprint density at radius 1 is 1.12 bits per heavy atom. The van der Waals surface area contributed by atoms with Gasteiger partial charge in [-0.1, -0.05) is 0 Å². The number of aryl methyl sites for hydroxylation is 1. The zero-order chi connectivity index (χ0) is 24.2. The van der Waals surface area contributed by atoms with Crippen LogP contribution in [0.1, 0.15) is 53.8 Å². The number of aliphatic hydroxyl groups is 1. The normalized spacial score (nSPS) is 16.8. The maximum atomic E-state index is 14.8. The molecule has 33 heavy (non-hydrogen) atoms. The number of methoxy groups -OCH3 is 1. The summed E-state index contributed by atoms with van der Waals surface area (Å²) in [7, 11) is 1.45. The summed E-state index contributed by atoms with van der Waals surface area (Å²) < 4.78 is 57.9. The molecule has 1 N–H and O–H groups in total. The molecule has 0 amide bonds. The Morgan fingerprint density at radius 2 is 1.82 bits per heavy atom. The van der Waals surface area contributed by atoms with Gasteiger partial charge in [-0.05, 0) is 61.6 Å². The molecule has 3 rings (SSSR count). The molecular formula is C24H27F3N2O4. The van der Waals surface area contributed by atoms with E-state index < -0.39 is 30.2 Å². The van der Waals surface area contributed by atoms with Gasteiger partial charge in [0.1, 0.15) is 23.1 Å². The van der Waals surface area contributed by atoms with Gasteiger partial charge < -0.3 is 19.3 Å². The Kier molecular flexibility index (Phi) is 7.50. The van der Waals surface area contributed by atoms with E-state index in [0.29, 0.717) is 16.8 Å². The van der Waals surface area contributed by atoms with E-state index in [9.17, 15) is 18.3 Å². The van der Waals surface area contributed by atoms with Crippen LogP contribution >= 0.6 is 0 Å². The summed E-state index contributed by atoms with van der Waals surface area (Å²) in [6, 6.07) is 6.65. The lowest BCUT2D eigenvalue weighted by molar-refractivity contribution is -0.109. The topological polar surface area (TPSA) is 84.6 Å². The monoisotopic (exact) mass is 464 g/mol. The Balaban J connectivity index is 1.96. The van der Waals surface area contributed by atoms with Crippen molar-refractivity contribution in [1.82, 2.24) is 4.98 Å². The molecule has 178 valence electrons. The van der Waals surface area contributed by atoms with Crippen LogP contribution in [0.5, 0.6) is 11.5 Å². The SMILES string of the molecule is COCOc1ccc(Cc2c(C)cc(OCC#N)c(F)c2C)nc1C1(O)CCC(F)(F)CC1. The van der Waals surface area contributed by atoms with E-state index in [1.54, 1.807) is 26.0 Å². The summed E-state index contributed by atoms with van der Waals surface area (Å²) in [5.41, 5.74) is 0.936. The molecule has 0 atom stereocenters. The van der Waals surface area contributed by atoms with Crippen LogP contribution < -0.4 is 9.47 Å². The molecule has 1 aliphatic rings. The number of alkyl halides is 2. The lowest BCUT2D eigenvalue weighted by Gasteiger charge is -2.36. The highest BCUT2D eigenvalue weighted by molar-refractivity contribution is 5.45. The highest BCUT2D eigenvalue weighted by atomic mass is 19.3. The van der Waals surface area contributed by atoms with Crippen LogP contribution in [-0.2, 0) is 16.8 Å². The van der Waals surface area contributed by atoms with Crippen molar-refractivity contribution in [2.24, 2.45) is 0 Å². The van der Waals surface area contributed by atoms with Crippen LogP contribution in [0.4, 0.5) is 13.2 Å². The Labute approximate surface area is 190 Å². The number of nitriles is 1. The number of pyridine rings is 1. The second-order valence-corrected chi connectivity index (χ2v) is 8.32. The lowest BCUT2D eigenvalue weighted by atomic mass is 9.80. The third-order valence-electron chi connectivity index (χ3n) is 5.97. The number of hydrogen-bond donors (Lipinski definition) is 1. The fourth-order valence-electron chi connectivity index (χ4n) is 4.05. The first kappa shape index (κ1) is 24.8. The van der Waals surface area contributed by atoms with Crippen LogP contribution in [0.15, 0.2) is 18.2 Å². The first-order valence-electron chi connectivity index (χ1n) is 10.6. The number of aromatic nitrogens is 1. The van der Waals surface area contributed by atoms with Crippen LogP contribution in [0, 0.1) is 31.0 Å². The van der Waals surface area contributed by atoms with E-state index in [1.807, 2.05) is 6.07 Å². The molecule has 1 aliphatic carbocycles. The second-order valence-electron chi connectivity index (χ2n) is 8.32. The van der Waals surface area contributed by atoms with E-state index >= 15 is 0 Å². The summed E-state index contributed by atoms with van der Waals surface area (Å²) >= 11 is 0. The van der Waals surface area contributed by atoms with Crippen molar-refractivity contribution in [2.75, 3.05) is 20.5 Å².